The Morgan fingerprint density at radius 1 is 0.468 bits per heavy atom. The quantitative estimate of drug-likeness (QED) is 0.0322. The van der Waals surface area contributed by atoms with Crippen molar-refractivity contribution in [1.82, 2.24) is 5.32 Å². The van der Waals surface area contributed by atoms with Crippen LogP contribution in [0.25, 0.3) is 0 Å². The topological polar surface area (TPSA) is 95.9 Å². The minimum atomic E-state index is -0.800. The number of allylic oxidation sites excluding steroid dienone is 8. The Balaban J connectivity index is 4.63. The number of hydrogen-bond donors (Lipinski definition) is 3. The monoisotopic (exact) mass is 870 g/mol. The fourth-order valence-electron chi connectivity index (χ4n) is 8.04. The average Bonchev–Trinajstić information content (AvgIpc) is 3.26. The van der Waals surface area contributed by atoms with Gasteiger partial charge in [-0.1, -0.05) is 230 Å². The lowest BCUT2D eigenvalue weighted by Gasteiger charge is -2.24. The number of ether oxygens (including phenoxy) is 1. The largest absolute Gasteiger partial charge is 0.462 e. The third kappa shape index (κ3) is 44.4. The maximum atomic E-state index is 13.2. The summed E-state index contributed by atoms with van der Waals surface area (Å²) in [4.78, 5) is 26.1. The fraction of sp³-hybridized carbons (Fsp3) is 0.821. The molecule has 0 aliphatic carbocycles. The van der Waals surface area contributed by atoms with Crippen LogP contribution in [0, 0.1) is 0 Å². The highest BCUT2D eigenvalue weighted by atomic mass is 16.5. The van der Waals surface area contributed by atoms with Crippen molar-refractivity contribution in [2.75, 3.05) is 6.61 Å². The first-order chi connectivity index (χ1) is 30.5. The summed E-state index contributed by atoms with van der Waals surface area (Å²) in [5.41, 5.74) is 0. The van der Waals surface area contributed by atoms with E-state index >= 15 is 0 Å². The van der Waals surface area contributed by atoms with Crippen LogP contribution in [-0.4, -0.2) is 46.9 Å². The molecule has 1 amide bonds. The number of aliphatic hydroxyl groups excluding tert-OH is 2. The van der Waals surface area contributed by atoms with Crippen molar-refractivity contribution in [3.63, 3.8) is 0 Å². The second-order valence-corrected chi connectivity index (χ2v) is 18.3. The predicted octanol–water partition coefficient (Wildman–Crippen LogP) is 16.2. The van der Waals surface area contributed by atoms with Crippen molar-refractivity contribution >= 4 is 11.9 Å². The van der Waals surface area contributed by atoms with E-state index in [2.05, 4.69) is 68.6 Å². The molecule has 362 valence electrons. The van der Waals surface area contributed by atoms with E-state index in [0.717, 1.165) is 70.6 Å². The molecule has 0 aromatic heterocycles. The van der Waals surface area contributed by atoms with E-state index in [9.17, 15) is 19.8 Å². The summed E-state index contributed by atoms with van der Waals surface area (Å²) in [6.45, 7) is 6.45. The molecule has 0 aromatic rings. The normalized spacial score (nSPS) is 13.6. The lowest BCUT2D eigenvalue weighted by atomic mass is 10.0. The number of amides is 1. The predicted molar refractivity (Wildman–Crippen MR) is 269 cm³/mol. The zero-order valence-corrected chi connectivity index (χ0v) is 41.3. The van der Waals surface area contributed by atoms with E-state index in [1.807, 2.05) is 6.08 Å². The van der Waals surface area contributed by atoms with Crippen LogP contribution in [0.4, 0.5) is 0 Å². The molecule has 3 N–H and O–H groups in total. The maximum absolute atomic E-state index is 13.2. The van der Waals surface area contributed by atoms with E-state index in [1.165, 1.54) is 148 Å². The van der Waals surface area contributed by atoms with Gasteiger partial charge in [-0.15, -0.1) is 0 Å². The number of unbranched alkanes of at least 4 members (excludes halogenated alkanes) is 28. The average molecular weight is 870 g/mol. The molecule has 0 saturated heterocycles. The molecule has 0 heterocycles. The van der Waals surface area contributed by atoms with Gasteiger partial charge < -0.3 is 20.3 Å². The van der Waals surface area contributed by atoms with Gasteiger partial charge in [0, 0.05) is 6.42 Å². The molecule has 0 saturated carbocycles. The second-order valence-electron chi connectivity index (χ2n) is 18.3. The van der Waals surface area contributed by atoms with Crippen molar-refractivity contribution < 1.29 is 24.5 Å². The van der Waals surface area contributed by atoms with Crippen LogP contribution in [-0.2, 0) is 14.3 Å². The lowest BCUT2D eigenvalue weighted by molar-refractivity contribution is -0.150. The smallest absolute Gasteiger partial charge is 0.306 e. The van der Waals surface area contributed by atoms with Crippen molar-refractivity contribution in [1.29, 1.82) is 0 Å². The number of hydrogen-bond acceptors (Lipinski definition) is 5. The Kier molecular flexibility index (Phi) is 48.1. The zero-order valence-electron chi connectivity index (χ0n) is 41.3. The van der Waals surface area contributed by atoms with Crippen LogP contribution >= 0.6 is 0 Å². The van der Waals surface area contributed by atoms with Crippen molar-refractivity contribution in [2.45, 2.75) is 289 Å². The lowest BCUT2D eigenvalue weighted by Crippen LogP contribution is -2.46. The van der Waals surface area contributed by atoms with Gasteiger partial charge in [0.1, 0.15) is 6.10 Å². The van der Waals surface area contributed by atoms with Crippen LogP contribution in [0.1, 0.15) is 271 Å². The number of aliphatic hydroxyl groups is 2. The Labute approximate surface area is 385 Å². The summed E-state index contributed by atoms with van der Waals surface area (Å²) >= 11 is 0. The third-order valence-corrected chi connectivity index (χ3v) is 12.1. The second kappa shape index (κ2) is 49.8. The van der Waals surface area contributed by atoms with Crippen molar-refractivity contribution in [3.8, 4) is 0 Å². The van der Waals surface area contributed by atoms with Crippen LogP contribution in [0.3, 0.4) is 0 Å². The highest BCUT2D eigenvalue weighted by Gasteiger charge is 2.24. The molecule has 0 rings (SSSR count). The summed E-state index contributed by atoms with van der Waals surface area (Å²) in [5, 5.41) is 23.8. The standard InChI is InChI=1S/C56H103NO5/c1-4-7-10-13-16-19-22-25-27-30-32-35-38-41-44-47-52(62-56(61)49-46-43-40-37-34-29-24-21-18-15-12-9-6-3)50-55(60)57-53(51-58)54(59)48-45-42-39-36-33-31-28-26-23-20-17-14-11-8-5-2/h16,19,25,27,29,34,40,43,52-54,58-59H,4-15,17-18,20-24,26,28,30-33,35-39,41-42,44-51H2,1-3H3,(H,57,60)/b19-16-,27-25-,34-29-,43-40+. The molecule has 3 unspecified atom stereocenters. The SMILES string of the molecule is CCCCC/C=C\C/C=C\CCCCCCCC(CC(=O)NC(CO)C(O)CCCCCCCCCCCCCCCCC)OC(=O)CC/C=C/C/C=C\CCCCCCCC. The van der Waals surface area contributed by atoms with E-state index in [0.29, 0.717) is 19.3 Å². The van der Waals surface area contributed by atoms with Gasteiger partial charge in [-0.3, -0.25) is 9.59 Å². The molecule has 0 fully saturated rings. The minimum Gasteiger partial charge on any atom is -0.462 e. The highest BCUT2D eigenvalue weighted by Crippen LogP contribution is 2.17. The van der Waals surface area contributed by atoms with Crippen LogP contribution < -0.4 is 5.32 Å². The van der Waals surface area contributed by atoms with E-state index < -0.39 is 18.2 Å². The molecule has 0 radical (unpaired) electrons. The number of esters is 1. The summed E-state index contributed by atoms with van der Waals surface area (Å²) in [7, 11) is 0. The molecule has 0 aromatic carbocycles. The number of carbonyl (C=O) groups is 2. The first kappa shape index (κ1) is 59.8. The Bertz CT molecular complexity index is 1070. The fourth-order valence-corrected chi connectivity index (χ4v) is 8.04. The third-order valence-electron chi connectivity index (χ3n) is 12.1. The molecular weight excluding hydrogens is 767 g/mol. The van der Waals surface area contributed by atoms with Crippen LogP contribution in [0.15, 0.2) is 48.6 Å². The number of nitrogens with one attached hydrogen (secondary N) is 1. The first-order valence-corrected chi connectivity index (χ1v) is 26.9. The molecule has 62 heavy (non-hydrogen) atoms. The van der Waals surface area contributed by atoms with Gasteiger partial charge in [-0.25, -0.2) is 0 Å². The van der Waals surface area contributed by atoms with Gasteiger partial charge >= 0.3 is 5.97 Å². The van der Waals surface area contributed by atoms with Gasteiger partial charge in [0.25, 0.3) is 0 Å². The maximum Gasteiger partial charge on any atom is 0.306 e. The molecule has 6 heteroatoms. The number of carbonyl (C=O) groups excluding carboxylic acids is 2. The van der Waals surface area contributed by atoms with E-state index in [4.69, 9.17) is 4.74 Å². The summed E-state index contributed by atoms with van der Waals surface area (Å²) in [6, 6.07) is -0.716. The van der Waals surface area contributed by atoms with Crippen molar-refractivity contribution in [2.24, 2.45) is 0 Å². The Morgan fingerprint density at radius 2 is 0.823 bits per heavy atom. The minimum absolute atomic E-state index is 0.0466. The molecule has 0 aliphatic heterocycles. The molecule has 6 nitrogen and oxygen atoms in total. The van der Waals surface area contributed by atoms with E-state index in [-0.39, 0.29) is 31.3 Å². The van der Waals surface area contributed by atoms with Gasteiger partial charge in [-0.2, -0.15) is 0 Å². The first-order valence-electron chi connectivity index (χ1n) is 26.9. The van der Waals surface area contributed by atoms with E-state index in [1.54, 1.807) is 0 Å². The van der Waals surface area contributed by atoms with Gasteiger partial charge in [-0.05, 0) is 77.0 Å². The molecular formula is C56H103NO5. The molecule has 0 spiro atoms. The summed E-state index contributed by atoms with van der Waals surface area (Å²) < 4.78 is 5.90. The summed E-state index contributed by atoms with van der Waals surface area (Å²) in [5.74, 6) is -0.562. The van der Waals surface area contributed by atoms with Crippen LogP contribution in [0.5, 0.6) is 0 Å². The molecule has 0 aliphatic rings. The summed E-state index contributed by atoms with van der Waals surface area (Å²) in [6.07, 6.45) is 60.3. The number of rotatable bonds is 48. The van der Waals surface area contributed by atoms with Gasteiger partial charge in [0.2, 0.25) is 5.91 Å². The van der Waals surface area contributed by atoms with Crippen LogP contribution in [0.2, 0.25) is 0 Å². The zero-order chi connectivity index (χ0) is 45.2. The Hall–Kier alpha value is -2.18. The highest BCUT2D eigenvalue weighted by molar-refractivity contribution is 5.77. The molecule has 0 bridgehead atoms. The van der Waals surface area contributed by atoms with Crippen molar-refractivity contribution in [3.05, 3.63) is 48.6 Å². The molecule has 3 atom stereocenters. The Morgan fingerprint density at radius 3 is 1.26 bits per heavy atom. The van der Waals surface area contributed by atoms with Gasteiger partial charge in [0.15, 0.2) is 0 Å². The van der Waals surface area contributed by atoms with Gasteiger partial charge in [0.05, 0.1) is 25.2 Å².